The summed E-state index contributed by atoms with van der Waals surface area (Å²) in [5, 5.41) is 21.8. The molecule has 0 fully saturated rings. The number of aromatic hydroxyl groups is 2. The number of ether oxygens (including phenoxy) is 1. The molecule has 132 valence electrons. The highest BCUT2D eigenvalue weighted by Gasteiger charge is 2.45. The molecule has 0 amide bonds. The van der Waals surface area contributed by atoms with E-state index in [1.165, 1.54) is 12.7 Å². The van der Waals surface area contributed by atoms with E-state index in [2.05, 4.69) is 13.5 Å². The quantitative estimate of drug-likeness (QED) is 0.634. The summed E-state index contributed by atoms with van der Waals surface area (Å²) in [5.74, 6) is -0.233. The number of fused-ring (bicyclic) bond motifs is 3. The van der Waals surface area contributed by atoms with Crippen molar-refractivity contribution < 1.29 is 19.7 Å². The third kappa shape index (κ3) is 2.24. The Morgan fingerprint density at radius 1 is 1.32 bits per heavy atom. The maximum atomic E-state index is 12.8. The van der Waals surface area contributed by atoms with E-state index in [4.69, 9.17) is 4.74 Å². The lowest BCUT2D eigenvalue weighted by molar-refractivity contribution is 0.103. The number of phenolic OH excluding ortho intramolecular Hbond substituents is 2. The Balaban J connectivity index is 2.41. The number of phenols is 2. The lowest BCUT2D eigenvalue weighted by Gasteiger charge is -2.42. The molecule has 0 heterocycles. The lowest BCUT2D eigenvalue weighted by atomic mass is 9.61. The van der Waals surface area contributed by atoms with Crippen LogP contribution in [0.15, 0.2) is 35.5 Å². The molecule has 4 nitrogen and oxygen atoms in total. The summed E-state index contributed by atoms with van der Waals surface area (Å²) < 4.78 is 5.38. The van der Waals surface area contributed by atoms with Crippen molar-refractivity contribution >= 4 is 5.78 Å². The fraction of sp³-hybridized carbons (Fsp3) is 0.381. The SMILES string of the molecule is C=CCc1c(O)c2c(c(O)c1OC)C1(C)CCC(C)=C(C)C1=CC2=O. The molecule has 25 heavy (non-hydrogen) atoms. The number of hydrogen-bond donors (Lipinski definition) is 2. The van der Waals surface area contributed by atoms with E-state index >= 15 is 0 Å². The zero-order chi connectivity index (χ0) is 18.5. The van der Waals surface area contributed by atoms with Crippen molar-refractivity contribution in [1.82, 2.24) is 0 Å². The Labute approximate surface area is 148 Å². The van der Waals surface area contributed by atoms with Gasteiger partial charge >= 0.3 is 0 Å². The summed E-state index contributed by atoms with van der Waals surface area (Å²) in [6.45, 7) is 9.78. The van der Waals surface area contributed by atoms with Gasteiger partial charge in [-0.3, -0.25) is 4.79 Å². The second-order valence-electron chi connectivity index (χ2n) is 7.11. The summed E-state index contributed by atoms with van der Waals surface area (Å²) in [5.41, 5.74) is 3.77. The van der Waals surface area contributed by atoms with E-state index in [1.807, 2.05) is 13.8 Å². The van der Waals surface area contributed by atoms with E-state index in [-0.39, 0.29) is 28.6 Å². The first kappa shape index (κ1) is 17.3. The minimum atomic E-state index is -0.533. The Morgan fingerprint density at radius 3 is 2.60 bits per heavy atom. The number of carbonyl (C=O) groups excluding carboxylic acids is 1. The summed E-state index contributed by atoms with van der Waals surface area (Å²) in [6, 6.07) is 0. The van der Waals surface area contributed by atoms with E-state index in [9.17, 15) is 15.0 Å². The molecule has 0 saturated heterocycles. The second-order valence-corrected chi connectivity index (χ2v) is 7.11. The summed E-state index contributed by atoms with van der Waals surface area (Å²) >= 11 is 0. The molecular weight excluding hydrogens is 316 g/mol. The predicted molar refractivity (Wildman–Crippen MR) is 97.6 cm³/mol. The van der Waals surface area contributed by atoms with Crippen LogP contribution < -0.4 is 4.74 Å². The molecule has 1 aromatic rings. The van der Waals surface area contributed by atoms with Crippen LogP contribution in [0.5, 0.6) is 17.2 Å². The number of methoxy groups -OCH3 is 1. The van der Waals surface area contributed by atoms with Gasteiger partial charge in [0.05, 0.1) is 12.7 Å². The summed E-state index contributed by atoms with van der Waals surface area (Å²) in [7, 11) is 1.45. The third-order valence-electron chi connectivity index (χ3n) is 5.76. The fourth-order valence-corrected chi connectivity index (χ4v) is 4.22. The van der Waals surface area contributed by atoms with Crippen LogP contribution in [0.2, 0.25) is 0 Å². The Bertz CT molecular complexity index is 857. The van der Waals surface area contributed by atoms with Gasteiger partial charge in [-0.25, -0.2) is 0 Å². The molecule has 4 heteroatoms. The van der Waals surface area contributed by atoms with Crippen molar-refractivity contribution in [3.63, 3.8) is 0 Å². The van der Waals surface area contributed by atoms with E-state index < -0.39 is 5.41 Å². The maximum absolute atomic E-state index is 12.8. The Kier molecular flexibility index (Phi) is 4.02. The molecule has 3 rings (SSSR count). The van der Waals surface area contributed by atoms with Crippen LogP contribution in [-0.2, 0) is 11.8 Å². The third-order valence-corrected chi connectivity index (χ3v) is 5.76. The molecule has 0 saturated carbocycles. The molecule has 0 spiro atoms. The van der Waals surface area contributed by atoms with Gasteiger partial charge in [-0.1, -0.05) is 18.6 Å². The largest absolute Gasteiger partial charge is 0.507 e. The fourth-order valence-electron chi connectivity index (χ4n) is 4.22. The van der Waals surface area contributed by atoms with Gasteiger partial charge in [-0.2, -0.15) is 0 Å². The average Bonchev–Trinajstić information content (AvgIpc) is 2.57. The zero-order valence-corrected chi connectivity index (χ0v) is 15.2. The van der Waals surface area contributed by atoms with Crippen LogP contribution >= 0.6 is 0 Å². The average molecular weight is 340 g/mol. The molecule has 2 N–H and O–H groups in total. The normalized spacial score (nSPS) is 22.2. The van der Waals surface area contributed by atoms with Crippen molar-refractivity contribution in [3.05, 3.63) is 52.1 Å². The second kappa shape index (κ2) is 5.80. The first-order valence-electron chi connectivity index (χ1n) is 8.47. The van der Waals surface area contributed by atoms with Crippen molar-refractivity contribution in [3.8, 4) is 17.2 Å². The van der Waals surface area contributed by atoms with Gasteiger partial charge in [0, 0.05) is 16.5 Å². The first-order valence-corrected chi connectivity index (χ1v) is 8.47. The topological polar surface area (TPSA) is 66.8 Å². The minimum absolute atomic E-state index is 0.0547. The molecule has 0 bridgehead atoms. The summed E-state index contributed by atoms with van der Waals surface area (Å²) in [6.07, 6.45) is 5.16. The maximum Gasteiger partial charge on any atom is 0.190 e. The van der Waals surface area contributed by atoms with Crippen molar-refractivity contribution in [2.75, 3.05) is 7.11 Å². The van der Waals surface area contributed by atoms with E-state index in [0.717, 1.165) is 24.0 Å². The monoisotopic (exact) mass is 340 g/mol. The standard InChI is InChI=1S/C21H24O4/c1-6-7-13-18(23)16-15(22)10-14-12(3)11(2)8-9-21(14,4)17(16)19(24)20(13)25-5/h6,10,23-24H,1,7-9H2,2-5H3. The van der Waals surface area contributed by atoms with Crippen LogP contribution in [0.1, 0.15) is 55.1 Å². The Hall–Kier alpha value is -2.49. The van der Waals surface area contributed by atoms with Crippen molar-refractivity contribution in [2.24, 2.45) is 0 Å². The van der Waals surface area contributed by atoms with Crippen molar-refractivity contribution in [2.45, 2.75) is 45.4 Å². The number of rotatable bonds is 3. The molecule has 2 aliphatic rings. The molecule has 0 aromatic heterocycles. The van der Waals surface area contributed by atoms with E-state index in [1.54, 1.807) is 12.2 Å². The highest BCUT2D eigenvalue weighted by Crippen LogP contribution is 2.56. The van der Waals surface area contributed by atoms with Gasteiger partial charge in [-0.05, 0) is 50.3 Å². The van der Waals surface area contributed by atoms with Crippen LogP contribution in [0, 0.1) is 0 Å². The first-order chi connectivity index (χ1) is 11.8. The van der Waals surface area contributed by atoms with Gasteiger partial charge in [0.1, 0.15) is 5.75 Å². The van der Waals surface area contributed by atoms with Gasteiger partial charge in [0.2, 0.25) is 0 Å². The number of allylic oxidation sites excluding steroid dienone is 5. The number of benzene rings is 1. The molecule has 1 aromatic carbocycles. The smallest absolute Gasteiger partial charge is 0.190 e. The zero-order valence-electron chi connectivity index (χ0n) is 15.2. The van der Waals surface area contributed by atoms with Crippen LogP contribution in [0.4, 0.5) is 0 Å². The number of hydrogen-bond acceptors (Lipinski definition) is 4. The van der Waals surface area contributed by atoms with Crippen LogP contribution in [0.25, 0.3) is 0 Å². The van der Waals surface area contributed by atoms with Gasteiger partial charge in [0.15, 0.2) is 17.3 Å². The number of ketones is 1. The van der Waals surface area contributed by atoms with Gasteiger partial charge in [0.25, 0.3) is 0 Å². The molecule has 1 atom stereocenters. The molecule has 1 unspecified atom stereocenters. The van der Waals surface area contributed by atoms with Gasteiger partial charge < -0.3 is 14.9 Å². The molecular formula is C21H24O4. The lowest BCUT2D eigenvalue weighted by Crippen LogP contribution is -2.35. The summed E-state index contributed by atoms with van der Waals surface area (Å²) in [4.78, 5) is 12.8. The van der Waals surface area contributed by atoms with Crippen LogP contribution in [-0.4, -0.2) is 23.1 Å². The highest BCUT2D eigenvalue weighted by molar-refractivity contribution is 6.12. The van der Waals surface area contributed by atoms with Gasteiger partial charge in [-0.15, -0.1) is 6.58 Å². The van der Waals surface area contributed by atoms with Crippen molar-refractivity contribution in [1.29, 1.82) is 0 Å². The van der Waals surface area contributed by atoms with Crippen LogP contribution in [0.3, 0.4) is 0 Å². The Morgan fingerprint density at radius 2 is 2.00 bits per heavy atom. The number of carbonyl (C=O) groups is 1. The highest BCUT2D eigenvalue weighted by atomic mass is 16.5. The molecule has 0 aliphatic heterocycles. The molecule has 2 aliphatic carbocycles. The predicted octanol–water partition coefficient (Wildman–Crippen LogP) is 4.35. The molecule has 0 radical (unpaired) electrons. The minimum Gasteiger partial charge on any atom is -0.507 e. The van der Waals surface area contributed by atoms with E-state index in [0.29, 0.717) is 17.5 Å².